The van der Waals surface area contributed by atoms with E-state index in [-0.39, 0.29) is 5.63 Å². The molecule has 0 fully saturated rings. The third-order valence-electron chi connectivity index (χ3n) is 4.23. The highest BCUT2D eigenvalue weighted by molar-refractivity contribution is 5.97. The number of benzene rings is 2. The third kappa shape index (κ3) is 2.16. The van der Waals surface area contributed by atoms with E-state index in [1.807, 2.05) is 44.2 Å². The van der Waals surface area contributed by atoms with Crippen LogP contribution in [0.25, 0.3) is 33.3 Å². The van der Waals surface area contributed by atoms with Crippen LogP contribution < -0.4 is 5.63 Å². The minimum atomic E-state index is -0.368. The second kappa shape index (κ2) is 4.85. The molecule has 0 aliphatic heterocycles. The number of fused-ring (bicyclic) bond motifs is 2. The van der Waals surface area contributed by atoms with E-state index in [2.05, 4.69) is 13.0 Å². The lowest BCUT2D eigenvalue weighted by molar-refractivity contribution is 0.559. The van der Waals surface area contributed by atoms with Gasteiger partial charge < -0.3 is 8.83 Å². The summed E-state index contributed by atoms with van der Waals surface area (Å²) in [5, 5.41) is 1.97. The van der Waals surface area contributed by atoms with Crippen LogP contribution in [0.15, 0.2) is 56.1 Å². The first-order chi connectivity index (χ1) is 11.0. The smallest absolute Gasteiger partial charge is 0.336 e. The van der Waals surface area contributed by atoms with Crippen LogP contribution >= 0.6 is 0 Å². The first-order valence-corrected chi connectivity index (χ1v) is 7.57. The molecule has 0 radical (unpaired) electrons. The minimum Gasteiger partial charge on any atom is -0.456 e. The van der Waals surface area contributed by atoms with Crippen molar-refractivity contribution in [3.63, 3.8) is 0 Å². The quantitative estimate of drug-likeness (QED) is 0.458. The summed E-state index contributed by atoms with van der Waals surface area (Å²) in [5.74, 6) is 0.731. The van der Waals surface area contributed by atoms with Crippen molar-refractivity contribution in [2.24, 2.45) is 0 Å². The Morgan fingerprint density at radius 1 is 0.739 bits per heavy atom. The second-order valence-electron chi connectivity index (χ2n) is 6.03. The number of furan rings is 1. The molecule has 0 amide bonds. The Hall–Kier alpha value is -2.81. The maximum atomic E-state index is 11.9. The molecule has 0 aliphatic rings. The van der Waals surface area contributed by atoms with Crippen molar-refractivity contribution in [3.8, 4) is 11.3 Å². The molecule has 0 spiro atoms. The van der Waals surface area contributed by atoms with Crippen molar-refractivity contribution < 1.29 is 8.83 Å². The first-order valence-electron chi connectivity index (χ1n) is 7.57. The van der Waals surface area contributed by atoms with Crippen molar-refractivity contribution in [3.05, 3.63) is 69.6 Å². The lowest BCUT2D eigenvalue weighted by Gasteiger charge is -2.05. The minimum absolute atomic E-state index is 0.368. The SMILES string of the molecule is Cc1ccc2oc(=O)cc(-c3oc4ccc(C)cc4c3C)c2c1. The van der Waals surface area contributed by atoms with Gasteiger partial charge in [-0.05, 0) is 45.0 Å². The average molecular weight is 304 g/mol. The molecular weight excluding hydrogens is 288 g/mol. The number of hydrogen-bond acceptors (Lipinski definition) is 3. The molecule has 23 heavy (non-hydrogen) atoms. The summed E-state index contributed by atoms with van der Waals surface area (Å²) >= 11 is 0. The van der Waals surface area contributed by atoms with Crippen LogP contribution in [0.2, 0.25) is 0 Å². The summed E-state index contributed by atoms with van der Waals surface area (Å²) in [5.41, 5.74) is 5.15. The number of hydrogen-bond donors (Lipinski definition) is 0. The number of rotatable bonds is 1. The monoisotopic (exact) mass is 304 g/mol. The first kappa shape index (κ1) is 13.8. The lowest BCUT2D eigenvalue weighted by Crippen LogP contribution is -1.98. The summed E-state index contributed by atoms with van der Waals surface area (Å²) < 4.78 is 11.4. The highest BCUT2D eigenvalue weighted by Crippen LogP contribution is 2.36. The van der Waals surface area contributed by atoms with Gasteiger partial charge in [-0.2, -0.15) is 0 Å². The van der Waals surface area contributed by atoms with Crippen molar-refractivity contribution in [2.45, 2.75) is 20.8 Å². The van der Waals surface area contributed by atoms with E-state index < -0.39 is 0 Å². The van der Waals surface area contributed by atoms with E-state index in [0.29, 0.717) is 5.58 Å². The topological polar surface area (TPSA) is 43.4 Å². The molecule has 3 heteroatoms. The van der Waals surface area contributed by atoms with Crippen molar-refractivity contribution in [1.29, 1.82) is 0 Å². The molecule has 0 aliphatic carbocycles. The fourth-order valence-corrected chi connectivity index (χ4v) is 3.06. The Balaban J connectivity index is 2.12. The molecule has 0 saturated heterocycles. The molecule has 0 saturated carbocycles. The predicted molar refractivity (Wildman–Crippen MR) is 91.9 cm³/mol. The molecule has 0 atom stereocenters. The van der Waals surface area contributed by atoms with Gasteiger partial charge in [-0.25, -0.2) is 4.79 Å². The van der Waals surface area contributed by atoms with Gasteiger partial charge in [-0.15, -0.1) is 0 Å². The highest BCUT2D eigenvalue weighted by Gasteiger charge is 2.16. The zero-order valence-electron chi connectivity index (χ0n) is 13.3. The normalized spacial score (nSPS) is 11.4. The zero-order valence-corrected chi connectivity index (χ0v) is 13.3. The Kier molecular flexibility index (Phi) is 2.91. The van der Waals surface area contributed by atoms with E-state index in [4.69, 9.17) is 8.83 Å². The van der Waals surface area contributed by atoms with Gasteiger partial charge in [0, 0.05) is 28.0 Å². The van der Waals surface area contributed by atoms with E-state index >= 15 is 0 Å². The van der Waals surface area contributed by atoms with Crippen LogP contribution in [0.3, 0.4) is 0 Å². The summed E-state index contributed by atoms with van der Waals surface area (Å²) in [6.07, 6.45) is 0. The molecule has 2 aromatic heterocycles. The Bertz CT molecular complexity index is 1110. The Labute approximate surface area is 133 Å². The molecule has 4 aromatic rings. The van der Waals surface area contributed by atoms with Gasteiger partial charge in [0.25, 0.3) is 0 Å². The van der Waals surface area contributed by atoms with Gasteiger partial charge in [-0.3, -0.25) is 0 Å². The predicted octanol–water partition coefficient (Wildman–Crippen LogP) is 5.13. The summed E-state index contributed by atoms with van der Waals surface area (Å²) in [4.78, 5) is 11.9. The molecule has 114 valence electrons. The molecule has 0 unspecified atom stereocenters. The number of aryl methyl sites for hydroxylation is 3. The largest absolute Gasteiger partial charge is 0.456 e. The molecule has 0 bridgehead atoms. The summed E-state index contributed by atoms with van der Waals surface area (Å²) in [6.45, 7) is 6.10. The van der Waals surface area contributed by atoms with E-state index in [1.54, 1.807) is 0 Å². The van der Waals surface area contributed by atoms with Gasteiger partial charge in [0.2, 0.25) is 0 Å². The fourth-order valence-electron chi connectivity index (χ4n) is 3.06. The van der Waals surface area contributed by atoms with Crippen molar-refractivity contribution in [1.82, 2.24) is 0 Å². The second-order valence-corrected chi connectivity index (χ2v) is 6.03. The van der Waals surface area contributed by atoms with Crippen LogP contribution in [0.4, 0.5) is 0 Å². The maximum Gasteiger partial charge on any atom is 0.336 e. The zero-order chi connectivity index (χ0) is 16.1. The lowest BCUT2D eigenvalue weighted by atomic mass is 10.0. The van der Waals surface area contributed by atoms with Crippen LogP contribution in [0, 0.1) is 20.8 Å². The van der Waals surface area contributed by atoms with E-state index in [0.717, 1.165) is 38.8 Å². The third-order valence-corrected chi connectivity index (χ3v) is 4.23. The Morgan fingerprint density at radius 2 is 1.35 bits per heavy atom. The van der Waals surface area contributed by atoms with Crippen molar-refractivity contribution in [2.75, 3.05) is 0 Å². The van der Waals surface area contributed by atoms with Crippen LogP contribution in [0.1, 0.15) is 16.7 Å². The van der Waals surface area contributed by atoms with E-state index in [9.17, 15) is 4.79 Å². The summed E-state index contributed by atoms with van der Waals surface area (Å²) in [7, 11) is 0. The van der Waals surface area contributed by atoms with Gasteiger partial charge in [0.1, 0.15) is 16.9 Å². The molecule has 4 rings (SSSR count). The van der Waals surface area contributed by atoms with Gasteiger partial charge in [0.15, 0.2) is 0 Å². The average Bonchev–Trinajstić information content (AvgIpc) is 2.84. The molecular formula is C20H16O3. The molecule has 0 N–H and O–H groups in total. The van der Waals surface area contributed by atoms with Gasteiger partial charge in [0.05, 0.1) is 0 Å². The molecule has 2 heterocycles. The fraction of sp³-hybridized carbons (Fsp3) is 0.150. The van der Waals surface area contributed by atoms with Crippen LogP contribution in [0.5, 0.6) is 0 Å². The van der Waals surface area contributed by atoms with Crippen molar-refractivity contribution >= 4 is 21.9 Å². The van der Waals surface area contributed by atoms with E-state index in [1.165, 1.54) is 11.6 Å². The van der Waals surface area contributed by atoms with Crippen LogP contribution in [-0.2, 0) is 0 Å². The van der Waals surface area contributed by atoms with Gasteiger partial charge in [-0.1, -0.05) is 23.3 Å². The maximum absolute atomic E-state index is 11.9. The van der Waals surface area contributed by atoms with Gasteiger partial charge >= 0.3 is 5.63 Å². The highest BCUT2D eigenvalue weighted by atomic mass is 16.4. The Morgan fingerprint density at radius 3 is 2.04 bits per heavy atom. The summed E-state index contributed by atoms with van der Waals surface area (Å²) in [6, 6.07) is 13.4. The standard InChI is InChI=1S/C20H16O3/c1-11-4-6-17-14(8-11)13(3)20(23-17)16-10-19(21)22-18-7-5-12(2)9-15(16)18/h4-10H,1-3H3. The molecule has 3 nitrogen and oxygen atoms in total. The molecule has 2 aromatic carbocycles. The van der Waals surface area contributed by atoms with Crippen LogP contribution in [-0.4, -0.2) is 0 Å².